The maximum Gasteiger partial charge on any atom is 0.255 e. The fraction of sp³-hybridized carbons (Fsp3) is 0. The molecule has 2 aromatic carbocycles. The summed E-state index contributed by atoms with van der Waals surface area (Å²) < 4.78 is 26.2. The van der Waals surface area contributed by atoms with Crippen LogP contribution in [-0.2, 0) is 0 Å². The zero-order valence-electron chi connectivity index (χ0n) is 11.3. The van der Waals surface area contributed by atoms with Crippen molar-refractivity contribution in [3.05, 3.63) is 77.2 Å². The fourth-order valence-electron chi connectivity index (χ4n) is 2.07. The highest BCUT2D eigenvalue weighted by Crippen LogP contribution is 2.31. The molecule has 3 rings (SSSR count). The molecule has 0 aliphatic heterocycles. The number of rotatable bonds is 3. The van der Waals surface area contributed by atoms with Gasteiger partial charge in [0.2, 0.25) is 0 Å². The molecule has 5 heteroatoms. The van der Waals surface area contributed by atoms with E-state index in [1.165, 1.54) is 6.07 Å². The minimum atomic E-state index is -1.04. The van der Waals surface area contributed by atoms with Crippen LogP contribution in [0.4, 0.5) is 14.5 Å². The molecule has 0 bridgehead atoms. The summed E-state index contributed by atoms with van der Waals surface area (Å²) in [6.45, 7) is 0. The lowest BCUT2D eigenvalue weighted by Gasteiger charge is -2.10. The Hall–Kier alpha value is -2.53. The Labute approximate surface area is 130 Å². The maximum atomic E-state index is 13.2. The molecule has 1 heterocycles. The summed E-state index contributed by atoms with van der Waals surface area (Å²) in [4.78, 5) is 13.2. The monoisotopic (exact) mass is 315 g/mol. The third-order valence-electron chi connectivity index (χ3n) is 3.14. The summed E-state index contributed by atoms with van der Waals surface area (Å²) >= 11 is 1.56. The van der Waals surface area contributed by atoms with E-state index in [9.17, 15) is 13.6 Å². The number of hydrogen-bond acceptors (Lipinski definition) is 2. The van der Waals surface area contributed by atoms with Crippen LogP contribution >= 0.6 is 11.3 Å². The van der Waals surface area contributed by atoms with Crippen LogP contribution < -0.4 is 5.32 Å². The second-order valence-corrected chi connectivity index (χ2v) is 5.55. The Morgan fingerprint density at radius 2 is 1.77 bits per heavy atom. The first-order valence-corrected chi connectivity index (χ1v) is 7.42. The average molecular weight is 315 g/mol. The summed E-state index contributed by atoms with van der Waals surface area (Å²) in [6, 6.07) is 14.3. The zero-order chi connectivity index (χ0) is 15.5. The standard InChI is InChI=1S/C17H11F2NOS/c18-13-8-7-11(10-14(13)19)17(21)20-15-5-2-1-4-12(15)16-6-3-9-22-16/h1-10H,(H,20,21). The molecule has 0 aliphatic rings. The van der Waals surface area contributed by atoms with Crippen LogP contribution in [0.2, 0.25) is 0 Å². The zero-order valence-corrected chi connectivity index (χ0v) is 12.2. The number of nitrogens with one attached hydrogen (secondary N) is 1. The molecule has 1 aromatic heterocycles. The maximum absolute atomic E-state index is 13.2. The Kier molecular flexibility index (Phi) is 3.98. The molecule has 0 spiro atoms. The van der Waals surface area contributed by atoms with Gasteiger partial charge in [-0.3, -0.25) is 4.79 Å². The van der Waals surface area contributed by atoms with Crippen molar-refractivity contribution < 1.29 is 13.6 Å². The van der Waals surface area contributed by atoms with Gasteiger partial charge in [-0.15, -0.1) is 11.3 Å². The van der Waals surface area contributed by atoms with Gasteiger partial charge in [-0.05, 0) is 35.7 Å². The molecule has 110 valence electrons. The molecule has 1 N–H and O–H groups in total. The third kappa shape index (κ3) is 2.89. The van der Waals surface area contributed by atoms with Crippen LogP contribution in [0.5, 0.6) is 0 Å². The third-order valence-corrected chi connectivity index (χ3v) is 4.05. The molecule has 22 heavy (non-hydrogen) atoms. The van der Waals surface area contributed by atoms with Crippen LogP contribution in [0.25, 0.3) is 10.4 Å². The van der Waals surface area contributed by atoms with Gasteiger partial charge in [0, 0.05) is 21.7 Å². The second kappa shape index (κ2) is 6.07. The number of anilines is 1. The van der Waals surface area contributed by atoms with Gasteiger partial charge >= 0.3 is 0 Å². The van der Waals surface area contributed by atoms with E-state index in [1.54, 1.807) is 23.5 Å². The van der Waals surface area contributed by atoms with Gasteiger partial charge in [-0.25, -0.2) is 8.78 Å². The Morgan fingerprint density at radius 1 is 0.955 bits per heavy atom. The van der Waals surface area contributed by atoms with Crippen molar-refractivity contribution in [1.29, 1.82) is 0 Å². The lowest BCUT2D eigenvalue weighted by atomic mass is 10.1. The molecule has 3 aromatic rings. The first-order valence-electron chi connectivity index (χ1n) is 6.54. The van der Waals surface area contributed by atoms with E-state index >= 15 is 0 Å². The normalized spacial score (nSPS) is 10.5. The first-order chi connectivity index (χ1) is 10.6. The highest BCUT2D eigenvalue weighted by atomic mass is 32.1. The molecular formula is C17H11F2NOS. The fourth-order valence-corrected chi connectivity index (χ4v) is 2.84. The van der Waals surface area contributed by atoms with Gasteiger partial charge in [-0.2, -0.15) is 0 Å². The molecular weight excluding hydrogens is 304 g/mol. The average Bonchev–Trinajstić information content (AvgIpc) is 3.04. The number of halogens is 2. The van der Waals surface area contributed by atoms with Crippen molar-refractivity contribution in [3.8, 4) is 10.4 Å². The summed E-state index contributed by atoms with van der Waals surface area (Å²) in [7, 11) is 0. The quantitative estimate of drug-likeness (QED) is 0.728. The SMILES string of the molecule is O=C(Nc1ccccc1-c1cccs1)c1ccc(F)c(F)c1. The molecule has 0 fully saturated rings. The molecule has 0 radical (unpaired) electrons. The summed E-state index contributed by atoms with van der Waals surface area (Å²) in [5, 5.41) is 4.69. The van der Waals surface area contributed by atoms with E-state index in [0.717, 1.165) is 22.6 Å². The number of carbonyl (C=O) groups excluding carboxylic acids is 1. The van der Waals surface area contributed by atoms with Gasteiger partial charge in [0.15, 0.2) is 11.6 Å². The highest BCUT2D eigenvalue weighted by Gasteiger charge is 2.12. The highest BCUT2D eigenvalue weighted by molar-refractivity contribution is 7.13. The van der Waals surface area contributed by atoms with Crippen LogP contribution in [0.1, 0.15) is 10.4 Å². The van der Waals surface area contributed by atoms with Crippen molar-refractivity contribution in [2.24, 2.45) is 0 Å². The Morgan fingerprint density at radius 3 is 2.50 bits per heavy atom. The van der Waals surface area contributed by atoms with Crippen molar-refractivity contribution >= 4 is 22.9 Å². The number of amides is 1. The molecule has 0 atom stereocenters. The Balaban J connectivity index is 1.90. The minimum Gasteiger partial charge on any atom is -0.321 e. The van der Waals surface area contributed by atoms with Crippen LogP contribution in [0, 0.1) is 11.6 Å². The van der Waals surface area contributed by atoms with E-state index in [2.05, 4.69) is 5.32 Å². The van der Waals surface area contributed by atoms with Crippen LogP contribution in [-0.4, -0.2) is 5.91 Å². The summed E-state index contributed by atoms with van der Waals surface area (Å²) in [5.41, 5.74) is 1.58. The Bertz CT molecular complexity index is 815. The minimum absolute atomic E-state index is 0.0693. The van der Waals surface area contributed by atoms with Crippen molar-refractivity contribution in [2.45, 2.75) is 0 Å². The van der Waals surface area contributed by atoms with E-state index in [1.807, 2.05) is 29.6 Å². The van der Waals surface area contributed by atoms with E-state index in [0.29, 0.717) is 5.69 Å². The van der Waals surface area contributed by atoms with E-state index in [-0.39, 0.29) is 5.56 Å². The number of para-hydroxylation sites is 1. The van der Waals surface area contributed by atoms with Crippen LogP contribution in [0.3, 0.4) is 0 Å². The molecule has 0 aliphatic carbocycles. The second-order valence-electron chi connectivity index (χ2n) is 4.61. The van der Waals surface area contributed by atoms with Gasteiger partial charge in [-0.1, -0.05) is 24.3 Å². The molecule has 1 amide bonds. The number of carbonyl (C=O) groups is 1. The summed E-state index contributed by atoms with van der Waals surface area (Å²) in [6.07, 6.45) is 0. The van der Waals surface area contributed by atoms with Crippen molar-refractivity contribution in [2.75, 3.05) is 5.32 Å². The predicted molar refractivity (Wildman–Crippen MR) is 84.1 cm³/mol. The lowest BCUT2D eigenvalue weighted by molar-refractivity contribution is 0.102. The van der Waals surface area contributed by atoms with Crippen molar-refractivity contribution in [1.82, 2.24) is 0 Å². The molecule has 2 nitrogen and oxygen atoms in total. The van der Waals surface area contributed by atoms with E-state index < -0.39 is 17.5 Å². The van der Waals surface area contributed by atoms with Crippen molar-refractivity contribution in [3.63, 3.8) is 0 Å². The molecule has 0 saturated carbocycles. The van der Waals surface area contributed by atoms with Crippen LogP contribution in [0.15, 0.2) is 60.0 Å². The number of thiophene rings is 1. The topological polar surface area (TPSA) is 29.1 Å². The van der Waals surface area contributed by atoms with Gasteiger partial charge in [0.05, 0.1) is 0 Å². The number of benzene rings is 2. The predicted octanol–water partition coefficient (Wildman–Crippen LogP) is 4.95. The smallest absolute Gasteiger partial charge is 0.255 e. The van der Waals surface area contributed by atoms with Gasteiger partial charge in [0.25, 0.3) is 5.91 Å². The largest absolute Gasteiger partial charge is 0.321 e. The van der Waals surface area contributed by atoms with Gasteiger partial charge in [0.1, 0.15) is 0 Å². The molecule has 0 unspecified atom stereocenters. The lowest BCUT2D eigenvalue weighted by Crippen LogP contribution is -2.13. The molecule has 0 saturated heterocycles. The first kappa shape index (κ1) is 14.4. The van der Waals surface area contributed by atoms with E-state index in [4.69, 9.17) is 0 Å². The van der Waals surface area contributed by atoms with Gasteiger partial charge < -0.3 is 5.32 Å². The summed E-state index contributed by atoms with van der Waals surface area (Å²) in [5.74, 6) is -2.50. The number of hydrogen-bond donors (Lipinski definition) is 1.